The Kier molecular flexibility index (Phi) is 5.48. The van der Waals surface area contributed by atoms with Crippen molar-refractivity contribution in [1.82, 2.24) is 5.06 Å². The van der Waals surface area contributed by atoms with E-state index in [0.717, 1.165) is 0 Å². The number of ether oxygens (including phenoxy) is 2. The van der Waals surface area contributed by atoms with Crippen LogP contribution in [0.15, 0.2) is 0 Å². The summed E-state index contributed by atoms with van der Waals surface area (Å²) in [6.07, 6.45) is -2.28. The Morgan fingerprint density at radius 2 is 1.65 bits per heavy atom. The third kappa shape index (κ3) is 4.87. The number of hydrogen-bond acceptors (Lipinski definition) is 7. The number of hydroxylamine groups is 2. The van der Waals surface area contributed by atoms with Crippen molar-refractivity contribution in [3.63, 3.8) is 0 Å². The summed E-state index contributed by atoms with van der Waals surface area (Å²) < 4.78 is 9.41. The molecule has 0 aliphatic carbocycles. The minimum absolute atomic E-state index is 0.00889. The lowest BCUT2D eigenvalue weighted by Crippen LogP contribution is -2.34. The molecule has 20 heavy (non-hydrogen) atoms. The van der Waals surface area contributed by atoms with Crippen LogP contribution in [0.1, 0.15) is 40.0 Å². The van der Waals surface area contributed by atoms with Gasteiger partial charge in [-0.15, -0.1) is 0 Å². The van der Waals surface area contributed by atoms with Gasteiger partial charge in [-0.2, -0.15) is 0 Å². The summed E-state index contributed by atoms with van der Waals surface area (Å²) in [5.41, 5.74) is 0. The van der Waals surface area contributed by atoms with Gasteiger partial charge < -0.3 is 9.47 Å². The zero-order chi connectivity index (χ0) is 15.3. The van der Waals surface area contributed by atoms with Crippen molar-refractivity contribution in [3.8, 4) is 0 Å². The van der Waals surface area contributed by atoms with E-state index in [1.807, 2.05) is 13.8 Å². The number of esters is 1. The molecule has 0 bridgehead atoms. The standard InChI is InChI=1S/C12H17NO7/c1-7(2)6-11(16)18-8(3)19-12(17)20-13-9(14)4-5-10(13)15/h7-8H,4-6H2,1-3H3. The predicted octanol–water partition coefficient (Wildman–Crippen LogP) is 1.14. The Morgan fingerprint density at radius 1 is 1.10 bits per heavy atom. The van der Waals surface area contributed by atoms with Crippen molar-refractivity contribution in [2.75, 3.05) is 0 Å². The average molecular weight is 287 g/mol. The van der Waals surface area contributed by atoms with Crippen LogP contribution in [0, 0.1) is 5.92 Å². The summed E-state index contributed by atoms with van der Waals surface area (Å²) in [5, 5.41) is 0.352. The highest BCUT2D eigenvalue weighted by atomic mass is 16.9. The van der Waals surface area contributed by atoms with Crippen LogP contribution in [0.25, 0.3) is 0 Å². The van der Waals surface area contributed by atoms with Crippen molar-refractivity contribution in [2.24, 2.45) is 5.92 Å². The number of amides is 2. The number of hydrogen-bond donors (Lipinski definition) is 0. The molecular weight excluding hydrogens is 270 g/mol. The van der Waals surface area contributed by atoms with E-state index in [4.69, 9.17) is 4.74 Å². The molecule has 1 rings (SSSR count). The maximum Gasteiger partial charge on any atom is 0.537 e. The van der Waals surface area contributed by atoms with E-state index >= 15 is 0 Å². The predicted molar refractivity (Wildman–Crippen MR) is 63.7 cm³/mol. The molecule has 0 aromatic rings. The molecule has 1 aliphatic rings. The first-order valence-corrected chi connectivity index (χ1v) is 6.23. The quantitative estimate of drug-likeness (QED) is 0.424. The van der Waals surface area contributed by atoms with Crippen LogP contribution in [0.5, 0.6) is 0 Å². The first-order chi connectivity index (χ1) is 9.29. The molecule has 1 aliphatic heterocycles. The van der Waals surface area contributed by atoms with Gasteiger partial charge in [-0.3, -0.25) is 19.2 Å². The zero-order valence-corrected chi connectivity index (χ0v) is 11.6. The molecule has 112 valence electrons. The molecule has 0 aromatic carbocycles. The maximum atomic E-state index is 11.3. The third-order valence-corrected chi connectivity index (χ3v) is 2.31. The van der Waals surface area contributed by atoms with Gasteiger partial charge in [0.2, 0.25) is 6.29 Å². The minimum Gasteiger partial charge on any atom is -0.425 e. The van der Waals surface area contributed by atoms with E-state index in [1.54, 1.807) is 0 Å². The van der Waals surface area contributed by atoms with Gasteiger partial charge in [0.05, 0.1) is 0 Å². The second-order valence-electron chi connectivity index (χ2n) is 4.70. The van der Waals surface area contributed by atoms with E-state index in [1.165, 1.54) is 6.92 Å². The van der Waals surface area contributed by atoms with Crippen LogP contribution in [0.2, 0.25) is 0 Å². The van der Waals surface area contributed by atoms with Crippen LogP contribution in [0.4, 0.5) is 4.79 Å². The van der Waals surface area contributed by atoms with E-state index in [-0.39, 0.29) is 25.2 Å². The third-order valence-electron chi connectivity index (χ3n) is 2.31. The summed E-state index contributed by atoms with van der Waals surface area (Å²) in [6.45, 7) is 5.00. The van der Waals surface area contributed by atoms with Crippen LogP contribution in [0.3, 0.4) is 0 Å². The van der Waals surface area contributed by atoms with Crippen LogP contribution in [-0.2, 0) is 28.7 Å². The SMILES string of the molecule is CC(C)CC(=O)OC(C)OC(=O)ON1C(=O)CCC1=O. The van der Waals surface area contributed by atoms with E-state index in [0.29, 0.717) is 5.06 Å². The number of rotatable bonds is 5. The fourth-order valence-corrected chi connectivity index (χ4v) is 1.48. The Balaban J connectivity index is 2.36. The lowest BCUT2D eigenvalue weighted by molar-refractivity contribution is -0.191. The Morgan fingerprint density at radius 3 is 2.15 bits per heavy atom. The van der Waals surface area contributed by atoms with Crippen molar-refractivity contribution in [2.45, 2.75) is 46.3 Å². The van der Waals surface area contributed by atoms with Gasteiger partial charge in [0, 0.05) is 26.2 Å². The second kappa shape index (κ2) is 6.88. The molecule has 0 spiro atoms. The molecule has 1 heterocycles. The van der Waals surface area contributed by atoms with Gasteiger partial charge >= 0.3 is 12.1 Å². The highest BCUT2D eigenvalue weighted by Crippen LogP contribution is 2.13. The lowest BCUT2D eigenvalue weighted by atomic mass is 10.1. The zero-order valence-electron chi connectivity index (χ0n) is 11.6. The molecule has 2 amide bonds. The Hall–Kier alpha value is -2.12. The molecule has 8 nitrogen and oxygen atoms in total. The molecule has 0 N–H and O–H groups in total. The molecule has 0 aromatic heterocycles. The second-order valence-corrected chi connectivity index (χ2v) is 4.70. The monoisotopic (exact) mass is 287 g/mol. The van der Waals surface area contributed by atoms with Crippen LogP contribution >= 0.6 is 0 Å². The molecule has 1 fully saturated rings. The lowest BCUT2D eigenvalue weighted by Gasteiger charge is -2.16. The highest BCUT2D eigenvalue weighted by molar-refractivity contribution is 6.01. The summed E-state index contributed by atoms with van der Waals surface area (Å²) in [4.78, 5) is 49.5. The minimum atomic E-state index is -1.28. The average Bonchev–Trinajstić information content (AvgIpc) is 2.59. The van der Waals surface area contributed by atoms with Crippen molar-refractivity contribution in [3.05, 3.63) is 0 Å². The Bertz CT molecular complexity index is 402. The summed E-state index contributed by atoms with van der Waals surface area (Å²) in [7, 11) is 0. The molecule has 1 atom stereocenters. The van der Waals surface area contributed by atoms with Crippen LogP contribution in [-0.4, -0.2) is 35.3 Å². The van der Waals surface area contributed by atoms with Crippen LogP contribution < -0.4 is 0 Å². The highest BCUT2D eigenvalue weighted by Gasteiger charge is 2.34. The maximum absolute atomic E-state index is 11.3. The van der Waals surface area contributed by atoms with E-state index < -0.39 is 30.2 Å². The largest absolute Gasteiger partial charge is 0.537 e. The molecular formula is C12H17NO7. The topological polar surface area (TPSA) is 99.2 Å². The molecule has 1 saturated heterocycles. The summed E-state index contributed by atoms with van der Waals surface area (Å²) in [5.74, 6) is -1.64. The van der Waals surface area contributed by atoms with Gasteiger partial charge in [0.1, 0.15) is 0 Å². The molecule has 8 heteroatoms. The Labute approximate surface area is 115 Å². The van der Waals surface area contributed by atoms with E-state index in [9.17, 15) is 19.2 Å². The van der Waals surface area contributed by atoms with Crippen molar-refractivity contribution >= 4 is 23.9 Å². The van der Waals surface area contributed by atoms with Crippen molar-refractivity contribution in [1.29, 1.82) is 0 Å². The van der Waals surface area contributed by atoms with Gasteiger partial charge in [-0.25, -0.2) is 4.79 Å². The normalized spacial score (nSPS) is 16.3. The van der Waals surface area contributed by atoms with Gasteiger partial charge in [-0.05, 0) is 5.92 Å². The fraction of sp³-hybridized carbons (Fsp3) is 0.667. The van der Waals surface area contributed by atoms with Crippen molar-refractivity contribution < 1.29 is 33.5 Å². The first-order valence-electron chi connectivity index (χ1n) is 6.23. The van der Waals surface area contributed by atoms with E-state index in [2.05, 4.69) is 9.57 Å². The molecule has 0 saturated carbocycles. The number of imide groups is 1. The van der Waals surface area contributed by atoms with Gasteiger partial charge in [0.15, 0.2) is 0 Å². The molecule has 0 radical (unpaired) electrons. The van der Waals surface area contributed by atoms with Gasteiger partial charge in [0.25, 0.3) is 11.8 Å². The summed E-state index contributed by atoms with van der Waals surface area (Å²) in [6, 6.07) is 0. The first kappa shape index (κ1) is 15.9. The number of carbonyl (C=O) groups is 4. The number of carbonyl (C=O) groups excluding carboxylic acids is 4. The number of nitrogens with zero attached hydrogens (tertiary/aromatic N) is 1. The fourth-order valence-electron chi connectivity index (χ4n) is 1.48. The smallest absolute Gasteiger partial charge is 0.425 e. The summed E-state index contributed by atoms with van der Waals surface area (Å²) >= 11 is 0. The van der Waals surface area contributed by atoms with Gasteiger partial charge in [-0.1, -0.05) is 18.9 Å². The molecule has 1 unspecified atom stereocenters.